The topological polar surface area (TPSA) is 52.6 Å². The number of rotatable bonds is 5. The van der Waals surface area contributed by atoms with Crippen LogP contribution < -0.4 is 0 Å². The van der Waals surface area contributed by atoms with Gasteiger partial charge in [-0.15, -0.1) is 0 Å². The fourth-order valence-corrected chi connectivity index (χ4v) is 2.64. The number of hydrogen-bond acceptors (Lipinski definition) is 4. The third kappa shape index (κ3) is 7.25. The van der Waals surface area contributed by atoms with Crippen molar-refractivity contribution >= 4 is 13.1 Å². The van der Waals surface area contributed by atoms with Crippen LogP contribution in [0.3, 0.4) is 0 Å². The van der Waals surface area contributed by atoms with E-state index < -0.39 is 44.1 Å². The first-order valence-corrected chi connectivity index (χ1v) is 6.69. The summed E-state index contributed by atoms with van der Waals surface area (Å²) in [5.74, 6) is 0. The van der Waals surface area contributed by atoms with Gasteiger partial charge < -0.3 is 0 Å². The van der Waals surface area contributed by atoms with E-state index in [-0.39, 0.29) is 0 Å². The molecule has 0 saturated heterocycles. The second-order valence-electron chi connectivity index (χ2n) is 4.83. The molecule has 0 rings (SSSR count). The minimum Gasteiger partial charge on any atom is -0.294 e. The molecule has 0 aliphatic carbocycles. The average molecular weight is 330 g/mol. The lowest BCUT2D eigenvalue weighted by molar-refractivity contribution is -0.166. The van der Waals surface area contributed by atoms with Crippen molar-refractivity contribution in [2.45, 2.75) is 33.1 Å². The minimum absolute atomic E-state index is 1.16. The highest BCUT2D eigenvalue weighted by Gasteiger charge is 2.47. The van der Waals surface area contributed by atoms with Crippen LogP contribution in [-0.4, -0.2) is 31.1 Å². The van der Waals surface area contributed by atoms with E-state index >= 15 is 0 Å². The molecule has 0 bridgehead atoms. The molecule has 4 nitrogen and oxygen atoms in total. The Bertz CT molecular complexity index is 373. The molecule has 20 heavy (non-hydrogen) atoms. The van der Waals surface area contributed by atoms with E-state index in [1.807, 2.05) is 0 Å². The summed E-state index contributed by atoms with van der Waals surface area (Å²) in [6.07, 6.45) is -9.93. The summed E-state index contributed by atoms with van der Waals surface area (Å²) in [4.78, 5) is 11.7. The lowest BCUT2D eigenvalue weighted by Crippen LogP contribution is -2.27. The van der Waals surface area contributed by atoms with Crippen molar-refractivity contribution in [2.75, 3.05) is 13.2 Å². The first-order valence-electron chi connectivity index (χ1n) is 5.14. The molecule has 0 aromatic rings. The van der Waals surface area contributed by atoms with E-state index in [0.29, 0.717) is 0 Å². The van der Waals surface area contributed by atoms with Crippen molar-refractivity contribution in [2.24, 2.45) is 5.41 Å². The van der Waals surface area contributed by atoms with Crippen LogP contribution in [0.2, 0.25) is 0 Å². The summed E-state index contributed by atoms with van der Waals surface area (Å²) in [5.41, 5.74) is -2.95. The highest BCUT2D eigenvalue weighted by atomic mass is 31.2. The maximum atomic E-state index is 12.0. The van der Waals surface area contributed by atoms with Crippen molar-refractivity contribution in [3.8, 4) is 0 Å². The Morgan fingerprint density at radius 2 is 1.20 bits per heavy atom. The van der Waals surface area contributed by atoms with Gasteiger partial charge in [-0.2, -0.15) is 26.3 Å². The van der Waals surface area contributed by atoms with Crippen LogP contribution in [0.4, 0.5) is 26.3 Å². The number of carbonyl (C=O) groups is 1. The molecule has 0 N–H and O–H groups in total. The van der Waals surface area contributed by atoms with Gasteiger partial charge in [0.2, 0.25) is 5.52 Å². The Hall–Kier alpha value is -0.600. The summed E-state index contributed by atoms with van der Waals surface area (Å²) >= 11 is 0. The largest absolute Gasteiger partial charge is 0.412 e. The van der Waals surface area contributed by atoms with Gasteiger partial charge in [0.1, 0.15) is 0 Å². The molecule has 0 radical (unpaired) electrons. The molecular weight excluding hydrogens is 317 g/mol. The third-order valence-electron chi connectivity index (χ3n) is 1.69. The summed E-state index contributed by atoms with van der Waals surface area (Å²) < 4.78 is 91.4. The zero-order chi connectivity index (χ0) is 16.4. The molecule has 0 spiro atoms. The van der Waals surface area contributed by atoms with Crippen LogP contribution in [0, 0.1) is 5.41 Å². The molecular formula is C9H13F6O4P. The van der Waals surface area contributed by atoms with Crippen LogP contribution in [0.15, 0.2) is 0 Å². The van der Waals surface area contributed by atoms with Gasteiger partial charge in [0, 0.05) is 5.41 Å². The van der Waals surface area contributed by atoms with E-state index in [1.165, 1.54) is 0 Å². The Labute approximate surface area is 111 Å². The first kappa shape index (κ1) is 19.4. The second-order valence-corrected chi connectivity index (χ2v) is 6.75. The molecule has 11 heteroatoms. The van der Waals surface area contributed by atoms with Gasteiger partial charge in [-0.25, -0.2) is 0 Å². The predicted octanol–water partition coefficient (Wildman–Crippen LogP) is 3.91. The third-order valence-corrected chi connectivity index (χ3v) is 3.79. The molecule has 0 aromatic heterocycles. The zero-order valence-electron chi connectivity index (χ0n) is 10.8. The number of alkyl halides is 6. The summed E-state index contributed by atoms with van der Waals surface area (Å²) in [6, 6.07) is 0. The summed E-state index contributed by atoms with van der Waals surface area (Å²) in [5, 5.41) is 0. The van der Waals surface area contributed by atoms with Crippen LogP contribution >= 0.6 is 7.60 Å². The molecule has 0 aromatic carbocycles. The van der Waals surface area contributed by atoms with Gasteiger partial charge in [0.15, 0.2) is 13.2 Å². The van der Waals surface area contributed by atoms with Crippen LogP contribution in [-0.2, 0) is 18.4 Å². The number of hydrogen-bond donors (Lipinski definition) is 0. The molecule has 0 saturated carbocycles. The molecule has 0 amide bonds. The lowest BCUT2D eigenvalue weighted by Gasteiger charge is -2.24. The smallest absolute Gasteiger partial charge is 0.294 e. The number of halogens is 6. The van der Waals surface area contributed by atoms with Gasteiger partial charge in [0.05, 0.1) is 0 Å². The summed E-state index contributed by atoms with van der Waals surface area (Å²) in [6.45, 7) is -0.810. The average Bonchev–Trinajstić information content (AvgIpc) is 2.19. The van der Waals surface area contributed by atoms with Crippen molar-refractivity contribution in [1.29, 1.82) is 0 Å². The molecule has 0 heterocycles. The maximum absolute atomic E-state index is 12.0. The monoisotopic (exact) mass is 330 g/mol. The second kappa shape index (κ2) is 6.03. The molecule has 0 aliphatic rings. The Morgan fingerprint density at radius 1 is 0.900 bits per heavy atom. The standard InChI is InChI=1S/C9H13F6O4P/c1-7(2,3)6(16)20(17,18-4-8(10,11)12)19-5-9(13,14)15/h4-5H2,1-3H3. The predicted molar refractivity (Wildman–Crippen MR) is 56.1 cm³/mol. The summed E-state index contributed by atoms with van der Waals surface area (Å²) in [7, 11) is -5.20. The Balaban J connectivity index is 5.15. The van der Waals surface area contributed by atoms with E-state index in [1.54, 1.807) is 0 Å². The molecule has 0 fully saturated rings. The minimum atomic E-state index is -5.20. The quantitative estimate of drug-likeness (QED) is 0.566. The van der Waals surface area contributed by atoms with Crippen LogP contribution in [0.25, 0.3) is 0 Å². The van der Waals surface area contributed by atoms with Crippen molar-refractivity contribution < 1.29 is 44.7 Å². The SMILES string of the molecule is CC(C)(C)C(=O)P(=O)(OCC(F)(F)F)OCC(F)(F)F. The highest BCUT2D eigenvalue weighted by molar-refractivity contribution is 7.72. The highest BCUT2D eigenvalue weighted by Crippen LogP contribution is 2.55. The van der Waals surface area contributed by atoms with Gasteiger partial charge in [-0.1, -0.05) is 20.8 Å². The Kier molecular flexibility index (Phi) is 5.85. The van der Waals surface area contributed by atoms with Crippen LogP contribution in [0.1, 0.15) is 20.8 Å². The lowest BCUT2D eigenvalue weighted by atomic mass is 10.00. The molecule has 120 valence electrons. The van der Waals surface area contributed by atoms with Crippen molar-refractivity contribution in [3.63, 3.8) is 0 Å². The fourth-order valence-electron chi connectivity index (χ4n) is 0.882. The van der Waals surface area contributed by atoms with E-state index in [4.69, 9.17) is 0 Å². The van der Waals surface area contributed by atoms with E-state index in [0.717, 1.165) is 20.8 Å². The normalized spacial score (nSPS) is 14.4. The van der Waals surface area contributed by atoms with E-state index in [2.05, 4.69) is 9.05 Å². The molecule has 0 atom stereocenters. The van der Waals surface area contributed by atoms with E-state index in [9.17, 15) is 35.7 Å². The van der Waals surface area contributed by atoms with Gasteiger partial charge in [0.25, 0.3) is 0 Å². The zero-order valence-corrected chi connectivity index (χ0v) is 11.7. The van der Waals surface area contributed by atoms with Gasteiger partial charge in [-0.05, 0) is 0 Å². The maximum Gasteiger partial charge on any atom is 0.412 e. The fraction of sp³-hybridized carbons (Fsp3) is 0.889. The van der Waals surface area contributed by atoms with Crippen LogP contribution in [0.5, 0.6) is 0 Å². The molecule has 0 unspecified atom stereocenters. The Morgan fingerprint density at radius 3 is 1.40 bits per heavy atom. The van der Waals surface area contributed by atoms with Gasteiger partial charge >= 0.3 is 19.9 Å². The molecule has 0 aliphatic heterocycles. The number of carbonyl (C=O) groups excluding carboxylic acids is 1. The van der Waals surface area contributed by atoms with Crippen molar-refractivity contribution in [3.05, 3.63) is 0 Å². The van der Waals surface area contributed by atoms with Crippen molar-refractivity contribution in [1.82, 2.24) is 0 Å². The van der Waals surface area contributed by atoms with Gasteiger partial charge in [-0.3, -0.25) is 18.4 Å². The first-order chi connectivity index (χ1) is 8.57.